The van der Waals surface area contributed by atoms with E-state index in [2.05, 4.69) is 0 Å². The number of carbonyl (C=O) groups excluding carboxylic acids is 1. The van der Waals surface area contributed by atoms with Gasteiger partial charge in [0.2, 0.25) is 0 Å². The van der Waals surface area contributed by atoms with E-state index in [4.69, 9.17) is 32.6 Å². The van der Waals surface area contributed by atoms with Gasteiger partial charge in [-0.05, 0) is 143 Å². The van der Waals surface area contributed by atoms with Crippen LogP contribution in [0.3, 0.4) is 0 Å². The molecular weight excluding hydrogens is 713 g/mol. The number of hydrogen-bond donors (Lipinski definition) is 0. The summed E-state index contributed by atoms with van der Waals surface area (Å²) in [6.45, 7) is 37.8. The lowest BCUT2D eigenvalue weighted by molar-refractivity contribution is -0.133. The highest BCUT2D eigenvalue weighted by molar-refractivity contribution is 8.30. The first kappa shape index (κ1) is 45.7. The first-order chi connectivity index (χ1) is 24.8. The number of benzene rings is 3. The van der Waals surface area contributed by atoms with Gasteiger partial charge in [-0.3, -0.25) is 4.79 Å². The van der Waals surface area contributed by atoms with Gasteiger partial charge >= 0.3 is 5.97 Å². The highest BCUT2D eigenvalue weighted by Gasteiger charge is 2.48. The van der Waals surface area contributed by atoms with Gasteiger partial charge in [-0.1, -0.05) is 25.1 Å². The van der Waals surface area contributed by atoms with E-state index in [-0.39, 0.29) is 6.42 Å². The van der Waals surface area contributed by atoms with E-state index in [9.17, 15) is 4.79 Å². The molecule has 0 aliphatic heterocycles. The minimum Gasteiger partial charge on any atom is -0.488 e. The molecule has 0 amide bonds. The Labute approximate surface area is 334 Å². The maximum absolute atomic E-state index is 14.5. The number of rotatable bonds is 12. The van der Waals surface area contributed by atoms with Crippen molar-refractivity contribution < 1.29 is 37.4 Å². The van der Waals surface area contributed by atoms with Crippen molar-refractivity contribution in [2.75, 3.05) is 0 Å². The second-order valence-corrected chi connectivity index (χ2v) is 22.4. The van der Waals surface area contributed by atoms with Crippen molar-refractivity contribution in [2.45, 2.75) is 193 Å². The third kappa shape index (κ3) is 13.8. The summed E-state index contributed by atoms with van der Waals surface area (Å²) < 4.78 is 48.1. The Morgan fingerprint density at radius 2 is 0.764 bits per heavy atom. The van der Waals surface area contributed by atoms with Crippen LogP contribution in [-0.4, -0.2) is 39.6 Å². The Morgan fingerprint density at radius 3 is 1.02 bits per heavy atom. The molecule has 0 saturated carbocycles. The standard InChI is InChI=1S/C46H70O8S/c1-20-24-38(47)54-55(33-25-22-21-23-26-33,39-34(50-43(8,9)10)27-31(48-41(2,3)4)28-35(39)51-44(11,12)13)40-36(52-45(14,15)16)29-32(49-42(5,6)7)30-37(40)53-46(17,18)19/h21-23,25-30H,20,24H2,1-19H3. The highest BCUT2D eigenvalue weighted by atomic mass is 32.3. The Hall–Kier alpha value is -3.72. The first-order valence-electron chi connectivity index (χ1n) is 19.4. The normalized spacial score (nSPS) is 13.5. The summed E-state index contributed by atoms with van der Waals surface area (Å²) in [4.78, 5) is 16.2. The van der Waals surface area contributed by atoms with Crippen LogP contribution in [0.2, 0.25) is 0 Å². The maximum atomic E-state index is 14.5. The van der Waals surface area contributed by atoms with E-state index in [1.165, 1.54) is 0 Å². The van der Waals surface area contributed by atoms with Gasteiger partial charge < -0.3 is 32.6 Å². The molecule has 0 radical (unpaired) electrons. The predicted molar refractivity (Wildman–Crippen MR) is 225 cm³/mol. The second kappa shape index (κ2) is 16.4. The molecule has 308 valence electrons. The molecule has 0 spiro atoms. The third-order valence-electron chi connectivity index (χ3n) is 6.82. The van der Waals surface area contributed by atoms with Crippen molar-refractivity contribution in [3.63, 3.8) is 0 Å². The predicted octanol–water partition coefficient (Wildman–Crippen LogP) is 13.3. The van der Waals surface area contributed by atoms with E-state index >= 15 is 0 Å². The van der Waals surface area contributed by atoms with Crippen LogP contribution in [0.1, 0.15) is 144 Å². The van der Waals surface area contributed by atoms with Crippen LogP contribution in [0.25, 0.3) is 0 Å². The molecule has 0 unspecified atom stereocenters. The lowest BCUT2D eigenvalue weighted by Crippen LogP contribution is -2.29. The number of carbonyl (C=O) groups is 1. The molecule has 3 aromatic carbocycles. The molecule has 0 aliphatic carbocycles. The molecule has 55 heavy (non-hydrogen) atoms. The monoisotopic (exact) mass is 782 g/mol. The van der Waals surface area contributed by atoms with Gasteiger partial charge in [-0.15, -0.1) is 0 Å². The summed E-state index contributed by atoms with van der Waals surface area (Å²) in [6, 6.07) is 17.3. The average Bonchev–Trinajstić information content (AvgIpc) is 2.92. The van der Waals surface area contributed by atoms with E-state index in [1.807, 2.05) is 186 Å². The molecule has 0 bridgehead atoms. The van der Waals surface area contributed by atoms with E-state index in [0.717, 1.165) is 0 Å². The van der Waals surface area contributed by atoms with E-state index in [0.29, 0.717) is 55.6 Å². The Bertz CT molecular complexity index is 1580. The molecule has 0 atom stereocenters. The average molecular weight is 783 g/mol. The fourth-order valence-electron chi connectivity index (χ4n) is 5.59. The first-order valence-corrected chi connectivity index (χ1v) is 21.0. The quantitative estimate of drug-likeness (QED) is 0.180. The molecule has 0 saturated heterocycles. The fourth-order valence-corrected chi connectivity index (χ4v) is 8.96. The summed E-state index contributed by atoms with van der Waals surface area (Å²) in [6.07, 6.45) is 0.751. The van der Waals surface area contributed by atoms with Gasteiger partial charge in [0.05, 0.1) is 0 Å². The van der Waals surface area contributed by atoms with Crippen molar-refractivity contribution in [2.24, 2.45) is 0 Å². The molecule has 0 aliphatic rings. The van der Waals surface area contributed by atoms with Crippen LogP contribution >= 0.6 is 10.3 Å². The summed E-state index contributed by atoms with van der Waals surface area (Å²) in [5.74, 6) is 2.46. The topological polar surface area (TPSA) is 81.7 Å². The van der Waals surface area contributed by atoms with Crippen LogP contribution in [0.4, 0.5) is 0 Å². The van der Waals surface area contributed by atoms with Crippen LogP contribution in [0.5, 0.6) is 34.5 Å². The van der Waals surface area contributed by atoms with Crippen LogP contribution < -0.4 is 28.4 Å². The van der Waals surface area contributed by atoms with Crippen molar-refractivity contribution in [1.82, 2.24) is 0 Å². The lowest BCUT2D eigenvalue weighted by Gasteiger charge is -2.44. The fraction of sp³-hybridized carbons (Fsp3) is 0.587. The summed E-state index contributed by atoms with van der Waals surface area (Å²) in [5, 5.41) is 0. The summed E-state index contributed by atoms with van der Waals surface area (Å²) in [7, 11) is -3.25. The maximum Gasteiger partial charge on any atom is 0.317 e. The Kier molecular flexibility index (Phi) is 13.6. The zero-order valence-corrected chi connectivity index (χ0v) is 38.1. The van der Waals surface area contributed by atoms with Crippen LogP contribution in [0.15, 0.2) is 69.3 Å². The molecule has 3 aromatic rings. The second-order valence-electron chi connectivity index (χ2n) is 19.9. The molecular formula is C46H70O8S. The minimum atomic E-state index is -3.25. The van der Waals surface area contributed by atoms with Crippen molar-refractivity contribution >= 4 is 16.3 Å². The summed E-state index contributed by atoms with van der Waals surface area (Å²) >= 11 is 0. The van der Waals surface area contributed by atoms with Gasteiger partial charge in [0.1, 0.15) is 77.9 Å². The van der Waals surface area contributed by atoms with Gasteiger partial charge in [0.15, 0.2) is 0 Å². The zero-order chi connectivity index (χ0) is 42.0. The molecule has 0 aromatic heterocycles. The number of ether oxygens (including phenoxy) is 6. The minimum absolute atomic E-state index is 0.174. The van der Waals surface area contributed by atoms with Crippen molar-refractivity contribution in [3.8, 4) is 34.5 Å². The van der Waals surface area contributed by atoms with Gasteiger partial charge in [0, 0.05) is 45.9 Å². The van der Waals surface area contributed by atoms with Gasteiger partial charge in [0.25, 0.3) is 0 Å². The molecule has 0 N–H and O–H groups in total. The smallest absolute Gasteiger partial charge is 0.317 e. The largest absolute Gasteiger partial charge is 0.488 e. The third-order valence-corrected chi connectivity index (χ3v) is 10.1. The molecule has 8 nitrogen and oxygen atoms in total. The molecule has 9 heteroatoms. The van der Waals surface area contributed by atoms with E-state index < -0.39 is 49.9 Å². The Balaban J connectivity index is 2.90. The summed E-state index contributed by atoms with van der Waals surface area (Å²) in [5.41, 5.74) is -3.85. The van der Waals surface area contributed by atoms with Gasteiger partial charge in [-0.25, -0.2) is 0 Å². The SMILES string of the molecule is CCCC(=O)OS(c1ccccc1)(c1c(OC(C)(C)C)cc(OC(C)(C)C)cc1OC(C)(C)C)c1c(OC(C)(C)C)cc(OC(C)(C)C)cc1OC(C)(C)C. The molecule has 0 heterocycles. The van der Waals surface area contributed by atoms with Crippen LogP contribution in [0, 0.1) is 0 Å². The Morgan fingerprint density at radius 1 is 0.473 bits per heavy atom. The molecule has 3 rings (SSSR count). The zero-order valence-electron chi connectivity index (χ0n) is 37.3. The lowest BCUT2D eigenvalue weighted by atomic mass is 10.1. The van der Waals surface area contributed by atoms with Crippen molar-refractivity contribution in [1.29, 1.82) is 0 Å². The van der Waals surface area contributed by atoms with Gasteiger partial charge in [-0.2, -0.15) is 0 Å². The highest BCUT2D eigenvalue weighted by Crippen LogP contribution is 2.78. The van der Waals surface area contributed by atoms with Crippen LogP contribution in [-0.2, 0) is 8.98 Å². The number of hydrogen-bond acceptors (Lipinski definition) is 8. The van der Waals surface area contributed by atoms with E-state index in [1.54, 1.807) is 0 Å². The van der Waals surface area contributed by atoms with Crippen molar-refractivity contribution in [3.05, 3.63) is 54.6 Å². The molecule has 0 fully saturated rings.